The van der Waals surface area contributed by atoms with E-state index in [1.807, 2.05) is 11.0 Å². The molecule has 1 aliphatic heterocycles. The summed E-state index contributed by atoms with van der Waals surface area (Å²) in [6.45, 7) is 5.39. The molecule has 152 valence electrons. The number of piperazine rings is 1. The number of thioether (sulfide) groups is 1. The average molecular weight is 413 g/mol. The summed E-state index contributed by atoms with van der Waals surface area (Å²) in [4.78, 5) is 17.0. The number of furan rings is 1. The summed E-state index contributed by atoms with van der Waals surface area (Å²) < 4.78 is 6.66. The molecule has 3 aromatic rings. The molecule has 1 aromatic carbocycles. The van der Waals surface area contributed by atoms with E-state index in [1.165, 1.54) is 22.0 Å². The van der Waals surface area contributed by atoms with E-state index in [4.69, 9.17) is 10.3 Å². The van der Waals surface area contributed by atoms with Crippen LogP contribution in [0.3, 0.4) is 0 Å². The summed E-state index contributed by atoms with van der Waals surface area (Å²) in [5.41, 5.74) is 1.30. The first-order chi connectivity index (χ1) is 14.1. The molecule has 1 aliphatic rings. The zero-order valence-electron chi connectivity index (χ0n) is 16.3. The van der Waals surface area contributed by atoms with E-state index in [1.54, 1.807) is 18.4 Å². The predicted octanol–water partition coefficient (Wildman–Crippen LogP) is 2.25. The lowest BCUT2D eigenvalue weighted by molar-refractivity contribution is -0.130. The molecular formula is C20H24N6O2S. The first-order valence-corrected chi connectivity index (χ1v) is 10.6. The lowest BCUT2D eigenvalue weighted by Gasteiger charge is -2.38. The predicted molar refractivity (Wildman–Crippen MR) is 112 cm³/mol. The number of amides is 1. The lowest BCUT2D eigenvalue weighted by atomic mass is 10.1. The van der Waals surface area contributed by atoms with Gasteiger partial charge in [-0.1, -0.05) is 42.1 Å². The molecule has 1 saturated heterocycles. The third-order valence-electron chi connectivity index (χ3n) is 5.23. The molecule has 2 N–H and O–H groups in total. The molecule has 0 radical (unpaired) electrons. The Labute approximate surface area is 173 Å². The minimum atomic E-state index is 0.0876. The van der Waals surface area contributed by atoms with Gasteiger partial charge in [0.1, 0.15) is 0 Å². The van der Waals surface area contributed by atoms with E-state index in [9.17, 15) is 4.79 Å². The number of hydrogen-bond acceptors (Lipinski definition) is 7. The topological polar surface area (TPSA) is 93.4 Å². The number of nitrogen functional groups attached to an aromatic ring is 1. The van der Waals surface area contributed by atoms with Crippen molar-refractivity contribution >= 4 is 17.7 Å². The summed E-state index contributed by atoms with van der Waals surface area (Å²) >= 11 is 1.29. The van der Waals surface area contributed by atoms with Crippen molar-refractivity contribution in [1.29, 1.82) is 0 Å². The van der Waals surface area contributed by atoms with Crippen LogP contribution < -0.4 is 5.84 Å². The molecule has 2 aromatic heterocycles. The highest BCUT2D eigenvalue weighted by atomic mass is 32.2. The van der Waals surface area contributed by atoms with Crippen molar-refractivity contribution in [1.82, 2.24) is 24.7 Å². The Morgan fingerprint density at radius 3 is 2.59 bits per heavy atom. The molecular weight excluding hydrogens is 388 g/mol. The van der Waals surface area contributed by atoms with Gasteiger partial charge in [-0.2, -0.15) is 0 Å². The van der Waals surface area contributed by atoms with E-state index < -0.39 is 0 Å². The zero-order chi connectivity index (χ0) is 20.2. The standard InChI is InChI=1S/C20H24N6O2S/c1-15(16-6-3-2-4-7-16)24-9-11-25(12-10-24)18(27)14-29-20-23-22-19(26(20)21)17-8-5-13-28-17/h2-8,13,15H,9-12,14,21H2,1H3. The molecule has 8 nitrogen and oxygen atoms in total. The number of aromatic nitrogens is 3. The summed E-state index contributed by atoms with van der Waals surface area (Å²) in [7, 11) is 0. The van der Waals surface area contributed by atoms with Crippen LogP contribution >= 0.6 is 11.8 Å². The number of nitrogens with zero attached hydrogens (tertiary/aromatic N) is 5. The summed E-state index contributed by atoms with van der Waals surface area (Å²) in [5, 5.41) is 8.61. The SMILES string of the molecule is CC(c1ccccc1)N1CCN(C(=O)CSc2nnc(-c3ccco3)n2N)CC1. The van der Waals surface area contributed by atoms with Crippen LogP contribution in [-0.2, 0) is 4.79 Å². The van der Waals surface area contributed by atoms with E-state index in [2.05, 4.69) is 46.3 Å². The fourth-order valence-electron chi connectivity index (χ4n) is 3.47. The summed E-state index contributed by atoms with van der Waals surface area (Å²) in [6.07, 6.45) is 1.55. The number of carbonyl (C=O) groups is 1. The summed E-state index contributed by atoms with van der Waals surface area (Å²) in [6, 6.07) is 14.3. The molecule has 3 heterocycles. The number of benzene rings is 1. The van der Waals surface area contributed by atoms with Gasteiger partial charge in [-0.3, -0.25) is 9.69 Å². The van der Waals surface area contributed by atoms with Crippen LogP contribution in [0.15, 0.2) is 58.3 Å². The van der Waals surface area contributed by atoms with E-state index in [0.717, 1.165) is 26.2 Å². The Balaban J connectivity index is 1.28. The Hall–Kier alpha value is -2.78. The summed E-state index contributed by atoms with van der Waals surface area (Å²) in [5.74, 6) is 7.39. The quantitative estimate of drug-likeness (QED) is 0.490. The molecule has 29 heavy (non-hydrogen) atoms. The third-order valence-corrected chi connectivity index (χ3v) is 6.16. The Kier molecular flexibility index (Phi) is 5.86. The van der Waals surface area contributed by atoms with Gasteiger partial charge < -0.3 is 15.2 Å². The van der Waals surface area contributed by atoms with Gasteiger partial charge in [0.25, 0.3) is 0 Å². The van der Waals surface area contributed by atoms with Crippen molar-refractivity contribution in [3.05, 3.63) is 54.3 Å². The molecule has 1 fully saturated rings. The van der Waals surface area contributed by atoms with Gasteiger partial charge >= 0.3 is 0 Å². The van der Waals surface area contributed by atoms with Crippen molar-refractivity contribution in [2.24, 2.45) is 0 Å². The van der Waals surface area contributed by atoms with Gasteiger partial charge in [-0.25, -0.2) is 4.68 Å². The Morgan fingerprint density at radius 1 is 1.14 bits per heavy atom. The lowest BCUT2D eigenvalue weighted by Crippen LogP contribution is -2.49. The fourth-order valence-corrected chi connectivity index (χ4v) is 4.23. The van der Waals surface area contributed by atoms with Crippen LogP contribution in [0.5, 0.6) is 0 Å². The second kappa shape index (κ2) is 8.71. The van der Waals surface area contributed by atoms with Crippen LogP contribution in [0.1, 0.15) is 18.5 Å². The maximum Gasteiger partial charge on any atom is 0.233 e. The number of rotatable bonds is 6. The molecule has 0 bridgehead atoms. The molecule has 9 heteroatoms. The minimum Gasteiger partial charge on any atom is -0.461 e. The van der Waals surface area contributed by atoms with Gasteiger partial charge in [0.15, 0.2) is 5.76 Å². The number of nitrogens with two attached hydrogens (primary N) is 1. The third kappa shape index (κ3) is 4.30. The van der Waals surface area contributed by atoms with E-state index >= 15 is 0 Å². The normalized spacial score (nSPS) is 16.1. The highest BCUT2D eigenvalue weighted by Crippen LogP contribution is 2.24. The highest BCUT2D eigenvalue weighted by molar-refractivity contribution is 7.99. The molecule has 4 rings (SSSR count). The largest absolute Gasteiger partial charge is 0.461 e. The van der Waals surface area contributed by atoms with Crippen molar-refractivity contribution in [3.63, 3.8) is 0 Å². The number of hydrogen-bond donors (Lipinski definition) is 1. The van der Waals surface area contributed by atoms with Crippen LogP contribution in [0.4, 0.5) is 0 Å². The van der Waals surface area contributed by atoms with Crippen LogP contribution in [-0.4, -0.2) is 62.5 Å². The Morgan fingerprint density at radius 2 is 1.90 bits per heavy atom. The van der Waals surface area contributed by atoms with Gasteiger partial charge in [0, 0.05) is 32.2 Å². The molecule has 0 saturated carbocycles. The van der Waals surface area contributed by atoms with E-state index in [-0.39, 0.29) is 11.7 Å². The van der Waals surface area contributed by atoms with Crippen molar-refractivity contribution < 1.29 is 9.21 Å². The van der Waals surface area contributed by atoms with Gasteiger partial charge in [0.05, 0.1) is 12.0 Å². The van der Waals surface area contributed by atoms with Crippen LogP contribution in [0, 0.1) is 0 Å². The van der Waals surface area contributed by atoms with Crippen LogP contribution in [0.2, 0.25) is 0 Å². The van der Waals surface area contributed by atoms with Gasteiger partial charge in [-0.15, -0.1) is 10.2 Å². The van der Waals surface area contributed by atoms with E-state index in [0.29, 0.717) is 22.8 Å². The molecule has 1 atom stereocenters. The second-order valence-corrected chi connectivity index (χ2v) is 7.89. The second-order valence-electron chi connectivity index (χ2n) is 6.95. The van der Waals surface area contributed by atoms with Crippen LogP contribution in [0.25, 0.3) is 11.6 Å². The Bertz CT molecular complexity index is 935. The first kappa shape index (κ1) is 19.5. The molecule has 1 unspecified atom stereocenters. The smallest absolute Gasteiger partial charge is 0.233 e. The number of carbonyl (C=O) groups excluding carboxylic acids is 1. The fraction of sp³-hybridized carbons (Fsp3) is 0.350. The highest BCUT2D eigenvalue weighted by Gasteiger charge is 2.25. The van der Waals surface area contributed by atoms with Gasteiger partial charge in [0.2, 0.25) is 16.9 Å². The monoisotopic (exact) mass is 412 g/mol. The minimum absolute atomic E-state index is 0.0876. The molecule has 1 amide bonds. The molecule has 0 spiro atoms. The first-order valence-electron chi connectivity index (χ1n) is 9.57. The van der Waals surface area contributed by atoms with Crippen molar-refractivity contribution in [3.8, 4) is 11.6 Å². The average Bonchev–Trinajstić information content (AvgIpc) is 3.42. The zero-order valence-corrected chi connectivity index (χ0v) is 17.1. The van der Waals surface area contributed by atoms with Crippen molar-refractivity contribution in [2.45, 2.75) is 18.1 Å². The maximum atomic E-state index is 12.6. The van der Waals surface area contributed by atoms with Gasteiger partial charge in [-0.05, 0) is 24.6 Å². The van der Waals surface area contributed by atoms with Crippen molar-refractivity contribution in [2.75, 3.05) is 37.8 Å². The molecule has 0 aliphatic carbocycles. The maximum absolute atomic E-state index is 12.6.